The average Bonchev–Trinajstić information content (AvgIpc) is 3.04. The fourth-order valence-electron chi connectivity index (χ4n) is 2.36. The lowest BCUT2D eigenvalue weighted by molar-refractivity contribution is 0.203. The molecule has 7 heteroatoms. The molecule has 112 valence electrons. The molecule has 0 saturated carbocycles. The average molecular weight is 416 g/mol. The lowest BCUT2D eigenvalue weighted by Gasteiger charge is -2.33. The second kappa shape index (κ2) is 8.73. The third-order valence-corrected chi connectivity index (χ3v) is 5.79. The van der Waals surface area contributed by atoms with Crippen LogP contribution in [0, 0.1) is 0 Å². The summed E-state index contributed by atoms with van der Waals surface area (Å²) < 4.78 is 1.22. The smallest absolute Gasteiger partial charge is 0.0791 e. The van der Waals surface area contributed by atoms with Gasteiger partial charge in [0.25, 0.3) is 0 Å². The molecule has 1 N–H and O–H groups in total. The van der Waals surface area contributed by atoms with E-state index in [4.69, 9.17) is 0 Å². The van der Waals surface area contributed by atoms with Gasteiger partial charge in [0.1, 0.15) is 0 Å². The van der Waals surface area contributed by atoms with Crippen molar-refractivity contribution in [2.75, 3.05) is 26.2 Å². The van der Waals surface area contributed by atoms with Gasteiger partial charge in [0.2, 0.25) is 0 Å². The fraction of sp³-hybridized carbons (Fsp3) is 0.385. The van der Waals surface area contributed by atoms with Crippen molar-refractivity contribution in [2.45, 2.75) is 6.04 Å². The first kappa shape index (κ1) is 18.4. The first-order valence-electron chi connectivity index (χ1n) is 6.08. The number of nitrogens with zero attached hydrogens (tertiary/aromatic N) is 1. The fourth-order valence-corrected chi connectivity index (χ4v) is 4.89. The summed E-state index contributed by atoms with van der Waals surface area (Å²) in [5.74, 6) is 0. The molecule has 1 atom stereocenters. The molecule has 1 saturated heterocycles. The Morgan fingerprint density at radius 1 is 1.10 bits per heavy atom. The van der Waals surface area contributed by atoms with Crippen molar-refractivity contribution in [2.24, 2.45) is 0 Å². The predicted octanol–water partition coefficient (Wildman–Crippen LogP) is 4.41. The number of hydrogen-bond donors (Lipinski definition) is 1. The van der Waals surface area contributed by atoms with Crippen LogP contribution < -0.4 is 5.32 Å². The summed E-state index contributed by atoms with van der Waals surface area (Å²) in [4.78, 5) is 5.47. The van der Waals surface area contributed by atoms with Gasteiger partial charge in [0.05, 0.1) is 9.83 Å². The van der Waals surface area contributed by atoms with Gasteiger partial charge in [-0.1, -0.05) is 6.07 Å². The van der Waals surface area contributed by atoms with Gasteiger partial charge >= 0.3 is 0 Å². The summed E-state index contributed by atoms with van der Waals surface area (Å²) in [6.45, 7) is 4.43. The van der Waals surface area contributed by atoms with Crippen molar-refractivity contribution in [3.8, 4) is 0 Å². The van der Waals surface area contributed by atoms with Gasteiger partial charge in [-0.15, -0.1) is 47.5 Å². The molecule has 0 spiro atoms. The van der Waals surface area contributed by atoms with Crippen molar-refractivity contribution in [1.29, 1.82) is 0 Å². The van der Waals surface area contributed by atoms with E-state index in [-0.39, 0.29) is 24.8 Å². The Hall–Kier alpha value is 0.380. The second-order valence-corrected chi connectivity index (χ2v) is 7.82. The van der Waals surface area contributed by atoms with E-state index in [2.05, 4.69) is 55.8 Å². The molecule has 1 aliphatic heterocycles. The van der Waals surface area contributed by atoms with Crippen LogP contribution in [0.15, 0.2) is 33.4 Å². The van der Waals surface area contributed by atoms with E-state index < -0.39 is 0 Å². The monoisotopic (exact) mass is 414 g/mol. The molecule has 1 aliphatic rings. The maximum Gasteiger partial charge on any atom is 0.0791 e. The maximum atomic E-state index is 3.58. The van der Waals surface area contributed by atoms with Crippen molar-refractivity contribution >= 4 is 63.4 Å². The molecule has 2 nitrogen and oxygen atoms in total. The summed E-state index contributed by atoms with van der Waals surface area (Å²) in [5.41, 5.74) is 0. The minimum absolute atomic E-state index is 0. The Labute approximate surface area is 148 Å². The van der Waals surface area contributed by atoms with Gasteiger partial charge in [-0.2, -0.15) is 0 Å². The Morgan fingerprint density at radius 3 is 2.40 bits per heavy atom. The van der Waals surface area contributed by atoms with E-state index >= 15 is 0 Å². The molecule has 0 aromatic carbocycles. The summed E-state index contributed by atoms with van der Waals surface area (Å²) in [7, 11) is 0. The zero-order valence-corrected chi connectivity index (χ0v) is 15.6. The number of rotatable bonds is 3. The zero-order chi connectivity index (χ0) is 12.4. The van der Waals surface area contributed by atoms with E-state index in [1.54, 1.807) is 0 Å². The van der Waals surface area contributed by atoms with Crippen LogP contribution in [0.2, 0.25) is 0 Å². The molecule has 20 heavy (non-hydrogen) atoms. The summed E-state index contributed by atoms with van der Waals surface area (Å²) in [6.07, 6.45) is 0. The maximum absolute atomic E-state index is 3.58. The van der Waals surface area contributed by atoms with Crippen LogP contribution in [0.25, 0.3) is 0 Å². The quantitative estimate of drug-likeness (QED) is 0.798. The van der Waals surface area contributed by atoms with Crippen molar-refractivity contribution in [1.82, 2.24) is 10.2 Å². The highest BCUT2D eigenvalue weighted by atomic mass is 79.9. The van der Waals surface area contributed by atoms with E-state index in [0.717, 1.165) is 26.2 Å². The molecule has 2 aromatic rings. The van der Waals surface area contributed by atoms with Crippen LogP contribution in [-0.4, -0.2) is 31.1 Å². The topological polar surface area (TPSA) is 15.3 Å². The van der Waals surface area contributed by atoms with E-state index in [1.807, 2.05) is 22.7 Å². The number of piperazine rings is 1. The highest BCUT2D eigenvalue weighted by Crippen LogP contribution is 2.37. The standard InChI is InChI=1S/C13H15BrN2S2.2ClH/c14-12-4-3-11(18-12)13(10-2-1-9-17-10)16-7-5-15-6-8-16;;/h1-4,9,13,15H,5-8H2;2*1H/t13-;;/m1../s1. The third-order valence-electron chi connectivity index (χ3n) is 3.19. The third kappa shape index (κ3) is 4.19. The van der Waals surface area contributed by atoms with E-state index in [1.165, 1.54) is 13.5 Å². The molecule has 0 aliphatic carbocycles. The molecule has 3 heterocycles. The molecule has 0 bridgehead atoms. The Balaban J connectivity index is 0.000001000. The minimum atomic E-state index is 0. The number of hydrogen-bond acceptors (Lipinski definition) is 4. The zero-order valence-electron chi connectivity index (χ0n) is 10.8. The Kier molecular flexibility index (Phi) is 8.05. The van der Waals surface area contributed by atoms with Crippen molar-refractivity contribution < 1.29 is 0 Å². The molecular weight excluding hydrogens is 399 g/mol. The van der Waals surface area contributed by atoms with Crippen molar-refractivity contribution in [3.63, 3.8) is 0 Å². The SMILES string of the molecule is Brc1ccc([C@@H](c2cccs2)N2CCNCC2)s1.Cl.Cl. The van der Waals surface area contributed by atoms with Crippen molar-refractivity contribution in [3.05, 3.63) is 43.2 Å². The van der Waals surface area contributed by atoms with Crippen LogP contribution in [0.5, 0.6) is 0 Å². The summed E-state index contributed by atoms with van der Waals surface area (Å²) in [5, 5.41) is 5.60. The second-order valence-electron chi connectivity index (χ2n) is 4.35. The van der Waals surface area contributed by atoms with Crippen LogP contribution in [-0.2, 0) is 0 Å². The minimum Gasteiger partial charge on any atom is -0.314 e. The van der Waals surface area contributed by atoms with Gasteiger partial charge in [-0.3, -0.25) is 4.90 Å². The largest absolute Gasteiger partial charge is 0.314 e. The molecule has 1 fully saturated rings. The Bertz CT molecular complexity index is 498. The molecular formula is C13H17BrCl2N2S2. The van der Waals surface area contributed by atoms with Gasteiger partial charge in [-0.25, -0.2) is 0 Å². The number of halogens is 3. The normalized spacial score (nSPS) is 17.1. The van der Waals surface area contributed by atoms with E-state index in [9.17, 15) is 0 Å². The molecule has 3 rings (SSSR count). The summed E-state index contributed by atoms with van der Waals surface area (Å²) >= 11 is 7.29. The van der Waals surface area contributed by atoms with Gasteiger partial charge < -0.3 is 5.32 Å². The molecule has 0 amide bonds. The Morgan fingerprint density at radius 2 is 1.85 bits per heavy atom. The molecule has 0 unspecified atom stereocenters. The molecule has 0 radical (unpaired) electrons. The van der Waals surface area contributed by atoms with Gasteiger partial charge in [-0.05, 0) is 39.5 Å². The highest BCUT2D eigenvalue weighted by molar-refractivity contribution is 9.11. The number of nitrogens with one attached hydrogen (secondary N) is 1. The first-order chi connectivity index (χ1) is 8.84. The van der Waals surface area contributed by atoms with Gasteiger partial charge in [0.15, 0.2) is 0 Å². The van der Waals surface area contributed by atoms with Crippen LogP contribution in [0.4, 0.5) is 0 Å². The summed E-state index contributed by atoms with van der Waals surface area (Å²) in [6, 6.07) is 9.25. The van der Waals surface area contributed by atoms with Crippen LogP contribution in [0.3, 0.4) is 0 Å². The van der Waals surface area contributed by atoms with Gasteiger partial charge in [0, 0.05) is 35.9 Å². The van der Waals surface area contributed by atoms with E-state index in [0.29, 0.717) is 6.04 Å². The lowest BCUT2D eigenvalue weighted by Crippen LogP contribution is -2.45. The predicted molar refractivity (Wildman–Crippen MR) is 97.1 cm³/mol. The highest BCUT2D eigenvalue weighted by Gasteiger charge is 2.25. The molecule has 2 aromatic heterocycles. The number of thiophene rings is 2. The lowest BCUT2D eigenvalue weighted by atomic mass is 10.1. The van der Waals surface area contributed by atoms with Crippen LogP contribution >= 0.6 is 63.4 Å². The van der Waals surface area contributed by atoms with Crippen LogP contribution in [0.1, 0.15) is 15.8 Å². The first-order valence-corrected chi connectivity index (χ1v) is 8.57.